The van der Waals surface area contributed by atoms with Gasteiger partial charge in [0, 0.05) is 19.5 Å². The van der Waals surface area contributed by atoms with Crippen LogP contribution in [0.15, 0.2) is 23.4 Å². The summed E-state index contributed by atoms with van der Waals surface area (Å²) in [6, 6.07) is 3.42. The molecule has 1 amide bonds. The standard InChI is InChI=1S/C17H19F2N7O/c18-17(19)3-5-25(9-17)16(27)13-6-10-2-1-4-26(15(10)23-13)11-7-12(20)14(24-21)22-8-11/h6-8,21,23H,1-5,9,20H2. The van der Waals surface area contributed by atoms with Gasteiger partial charge >= 0.3 is 0 Å². The summed E-state index contributed by atoms with van der Waals surface area (Å²) in [4.78, 5) is 22.9. The van der Waals surface area contributed by atoms with Crippen molar-refractivity contribution in [2.75, 3.05) is 30.3 Å². The molecule has 10 heteroatoms. The second-order valence-electron chi connectivity index (χ2n) is 6.86. The highest BCUT2D eigenvalue weighted by atomic mass is 19.3. The number of carbonyl (C=O) groups is 1. The highest BCUT2D eigenvalue weighted by molar-refractivity contribution is 5.94. The lowest BCUT2D eigenvalue weighted by Crippen LogP contribution is -2.31. The van der Waals surface area contributed by atoms with Crippen LogP contribution >= 0.6 is 0 Å². The van der Waals surface area contributed by atoms with Crippen LogP contribution in [0.4, 0.5) is 31.8 Å². The number of amides is 1. The smallest absolute Gasteiger partial charge is 0.270 e. The van der Waals surface area contributed by atoms with E-state index < -0.39 is 18.4 Å². The number of nitrogens with one attached hydrogen (secondary N) is 2. The molecule has 4 N–H and O–H groups in total. The average Bonchev–Trinajstić information content (AvgIpc) is 3.23. The first-order chi connectivity index (χ1) is 12.9. The number of halogens is 2. The third kappa shape index (κ3) is 3.11. The van der Waals surface area contributed by atoms with E-state index in [1.54, 1.807) is 18.3 Å². The summed E-state index contributed by atoms with van der Waals surface area (Å²) in [6.45, 7) is 0.205. The molecular formula is C17H19F2N7O. The van der Waals surface area contributed by atoms with Crippen LogP contribution in [0.1, 0.15) is 28.9 Å². The lowest BCUT2D eigenvalue weighted by Gasteiger charge is -2.28. The molecule has 0 saturated carbocycles. The van der Waals surface area contributed by atoms with Gasteiger partial charge in [0.05, 0.1) is 24.1 Å². The number of aryl methyl sites for hydroxylation is 1. The van der Waals surface area contributed by atoms with Crippen molar-refractivity contribution in [1.29, 1.82) is 5.53 Å². The Balaban J connectivity index is 1.63. The van der Waals surface area contributed by atoms with Crippen LogP contribution < -0.4 is 10.6 Å². The number of nitrogen functional groups attached to an aromatic ring is 1. The SMILES string of the molecule is N=Nc1ncc(N2CCCc3cc(C(=O)N4CCC(F)(F)C4)[nH]c32)cc1N. The Morgan fingerprint density at radius 2 is 2.19 bits per heavy atom. The largest absolute Gasteiger partial charge is 0.396 e. The van der Waals surface area contributed by atoms with Gasteiger partial charge in [-0.05, 0) is 30.5 Å². The van der Waals surface area contributed by atoms with Crippen LogP contribution in [0.2, 0.25) is 0 Å². The molecule has 1 saturated heterocycles. The zero-order chi connectivity index (χ0) is 19.2. The highest BCUT2D eigenvalue weighted by Gasteiger charge is 2.41. The molecule has 0 bridgehead atoms. The molecular weight excluding hydrogens is 356 g/mol. The van der Waals surface area contributed by atoms with E-state index in [0.717, 1.165) is 29.9 Å². The number of aromatic nitrogens is 2. The summed E-state index contributed by atoms with van der Waals surface area (Å²) < 4.78 is 26.9. The number of H-pyrrole nitrogens is 1. The van der Waals surface area contributed by atoms with Crippen molar-refractivity contribution in [2.45, 2.75) is 25.2 Å². The molecule has 2 aliphatic rings. The van der Waals surface area contributed by atoms with Crippen molar-refractivity contribution in [3.05, 3.63) is 29.6 Å². The zero-order valence-electron chi connectivity index (χ0n) is 14.5. The summed E-state index contributed by atoms with van der Waals surface area (Å²) in [5.74, 6) is -2.34. The van der Waals surface area contributed by atoms with Crippen molar-refractivity contribution in [3.8, 4) is 0 Å². The van der Waals surface area contributed by atoms with Crippen LogP contribution in [-0.2, 0) is 6.42 Å². The summed E-state index contributed by atoms with van der Waals surface area (Å²) >= 11 is 0. The third-order valence-electron chi connectivity index (χ3n) is 4.96. The van der Waals surface area contributed by atoms with E-state index in [2.05, 4.69) is 15.1 Å². The Morgan fingerprint density at radius 1 is 1.37 bits per heavy atom. The molecule has 0 aliphatic carbocycles. The predicted molar refractivity (Wildman–Crippen MR) is 95.0 cm³/mol. The number of aromatic amines is 1. The van der Waals surface area contributed by atoms with Gasteiger partial charge in [0.25, 0.3) is 11.8 Å². The molecule has 8 nitrogen and oxygen atoms in total. The Bertz CT molecular complexity index is 911. The molecule has 0 unspecified atom stereocenters. The number of anilines is 3. The number of hydrogen-bond donors (Lipinski definition) is 3. The lowest BCUT2D eigenvalue weighted by molar-refractivity contribution is 0.0119. The van der Waals surface area contributed by atoms with Gasteiger partial charge in [0.1, 0.15) is 11.5 Å². The van der Waals surface area contributed by atoms with Crippen molar-refractivity contribution in [3.63, 3.8) is 0 Å². The highest BCUT2D eigenvalue weighted by Crippen LogP contribution is 2.36. The van der Waals surface area contributed by atoms with E-state index in [4.69, 9.17) is 11.3 Å². The fraction of sp³-hybridized carbons (Fsp3) is 0.412. The molecule has 142 valence electrons. The Labute approximate surface area is 153 Å². The normalized spacial score (nSPS) is 18.4. The van der Waals surface area contributed by atoms with Crippen LogP contribution in [0.3, 0.4) is 0 Å². The van der Waals surface area contributed by atoms with E-state index in [-0.39, 0.29) is 24.5 Å². The Morgan fingerprint density at radius 3 is 2.85 bits per heavy atom. The molecule has 2 aromatic heterocycles. The summed E-state index contributed by atoms with van der Waals surface area (Å²) in [7, 11) is 0. The quantitative estimate of drug-likeness (QED) is 0.715. The topological polar surface area (TPSA) is 114 Å². The van der Waals surface area contributed by atoms with Gasteiger partial charge in [-0.1, -0.05) is 0 Å². The van der Waals surface area contributed by atoms with E-state index in [0.29, 0.717) is 12.2 Å². The molecule has 27 heavy (non-hydrogen) atoms. The molecule has 4 heterocycles. The molecule has 2 aliphatic heterocycles. The zero-order valence-corrected chi connectivity index (χ0v) is 14.5. The summed E-state index contributed by atoms with van der Waals surface area (Å²) in [6.07, 6.45) is 2.92. The van der Waals surface area contributed by atoms with Crippen LogP contribution in [0.25, 0.3) is 0 Å². The maximum Gasteiger partial charge on any atom is 0.270 e. The first kappa shape index (κ1) is 17.4. The number of nitrogens with zero attached hydrogens (tertiary/aromatic N) is 4. The molecule has 0 radical (unpaired) electrons. The number of carbonyl (C=O) groups excluding carboxylic acids is 1. The third-order valence-corrected chi connectivity index (χ3v) is 4.96. The van der Waals surface area contributed by atoms with E-state index in [1.807, 2.05) is 4.90 Å². The van der Waals surface area contributed by atoms with E-state index >= 15 is 0 Å². The van der Waals surface area contributed by atoms with Gasteiger partial charge in [-0.2, -0.15) is 0 Å². The molecule has 0 aromatic carbocycles. The summed E-state index contributed by atoms with van der Waals surface area (Å²) in [5, 5.41) is 3.26. The number of likely N-dealkylation sites (tertiary alicyclic amines) is 1. The number of fused-ring (bicyclic) bond motifs is 1. The maximum atomic E-state index is 13.4. The van der Waals surface area contributed by atoms with Gasteiger partial charge in [-0.3, -0.25) is 4.79 Å². The Hall–Kier alpha value is -3.04. The molecule has 0 spiro atoms. The molecule has 1 fully saturated rings. The van der Waals surface area contributed by atoms with Crippen molar-refractivity contribution >= 4 is 28.9 Å². The minimum absolute atomic E-state index is 0.0533. The minimum Gasteiger partial charge on any atom is -0.396 e. The summed E-state index contributed by atoms with van der Waals surface area (Å²) in [5.41, 5.74) is 15.2. The van der Waals surface area contributed by atoms with Crippen LogP contribution in [-0.4, -0.2) is 46.3 Å². The maximum absolute atomic E-state index is 13.4. The fourth-order valence-corrected chi connectivity index (χ4v) is 3.61. The van der Waals surface area contributed by atoms with Crippen molar-refractivity contribution < 1.29 is 13.6 Å². The van der Waals surface area contributed by atoms with Gasteiger partial charge in [0.2, 0.25) is 0 Å². The van der Waals surface area contributed by atoms with E-state index in [9.17, 15) is 13.6 Å². The van der Waals surface area contributed by atoms with Gasteiger partial charge < -0.3 is 20.5 Å². The van der Waals surface area contributed by atoms with Gasteiger partial charge in [-0.15, -0.1) is 5.11 Å². The average molecular weight is 375 g/mol. The van der Waals surface area contributed by atoms with Crippen LogP contribution in [0.5, 0.6) is 0 Å². The second-order valence-corrected chi connectivity index (χ2v) is 6.86. The number of alkyl halides is 2. The second kappa shape index (κ2) is 6.29. The monoisotopic (exact) mass is 375 g/mol. The number of hydrogen-bond acceptors (Lipinski definition) is 6. The number of pyridine rings is 1. The Kier molecular flexibility index (Phi) is 4.05. The van der Waals surface area contributed by atoms with Gasteiger partial charge in [-0.25, -0.2) is 19.3 Å². The van der Waals surface area contributed by atoms with Crippen LogP contribution in [0, 0.1) is 5.53 Å². The number of rotatable bonds is 3. The van der Waals surface area contributed by atoms with Gasteiger partial charge in [0.15, 0.2) is 5.82 Å². The first-order valence-electron chi connectivity index (χ1n) is 8.67. The fourth-order valence-electron chi connectivity index (χ4n) is 3.61. The number of nitrogens with two attached hydrogens (primary N) is 1. The first-order valence-corrected chi connectivity index (χ1v) is 8.67. The van der Waals surface area contributed by atoms with Crippen molar-refractivity contribution in [2.24, 2.45) is 5.11 Å². The minimum atomic E-state index is -2.82. The van der Waals surface area contributed by atoms with E-state index in [1.165, 1.54) is 4.90 Å². The molecule has 0 atom stereocenters. The lowest BCUT2D eigenvalue weighted by atomic mass is 10.1. The van der Waals surface area contributed by atoms with Crippen molar-refractivity contribution in [1.82, 2.24) is 14.9 Å². The molecule has 4 rings (SSSR count). The molecule has 2 aromatic rings. The predicted octanol–water partition coefficient (Wildman–Crippen LogP) is 3.22.